The van der Waals surface area contributed by atoms with Crippen LogP contribution in [0.15, 0.2) is 83.9 Å². The van der Waals surface area contributed by atoms with Crippen LogP contribution in [0.1, 0.15) is 18.6 Å². The molecule has 0 bridgehead atoms. The van der Waals surface area contributed by atoms with E-state index in [9.17, 15) is 4.79 Å². The first kappa shape index (κ1) is 20.0. The molecule has 7 nitrogen and oxygen atoms in total. The van der Waals surface area contributed by atoms with Crippen LogP contribution in [0.3, 0.4) is 0 Å². The van der Waals surface area contributed by atoms with Gasteiger partial charge in [-0.2, -0.15) is 9.78 Å². The molecule has 4 heterocycles. The van der Waals surface area contributed by atoms with E-state index >= 15 is 0 Å². The van der Waals surface area contributed by atoms with Crippen molar-refractivity contribution < 1.29 is 8.83 Å². The van der Waals surface area contributed by atoms with Crippen molar-refractivity contribution in [2.24, 2.45) is 5.10 Å². The molecule has 1 saturated heterocycles. The average Bonchev–Trinajstić information content (AvgIpc) is 3.58. The number of hydrogen-bond acceptors (Lipinski definition) is 6. The maximum absolute atomic E-state index is 13.3. The Kier molecular flexibility index (Phi) is 4.87. The van der Waals surface area contributed by atoms with Crippen molar-refractivity contribution in [3.63, 3.8) is 0 Å². The molecule has 1 fully saturated rings. The quantitative estimate of drug-likeness (QED) is 0.297. The molecule has 0 aliphatic carbocycles. The minimum Gasteiger partial charge on any atom is -0.453 e. The lowest BCUT2D eigenvalue weighted by Crippen LogP contribution is -2.20. The second kappa shape index (κ2) is 8.04. The number of benzene rings is 2. The highest BCUT2D eigenvalue weighted by atomic mass is 79.9. The molecule has 5 aromatic rings. The molecule has 164 valence electrons. The Labute approximate surface area is 197 Å². The zero-order valence-corrected chi connectivity index (χ0v) is 19.2. The molecule has 1 aliphatic rings. The number of hydrogen-bond donors (Lipinski definition) is 0. The van der Waals surface area contributed by atoms with Crippen LogP contribution >= 0.6 is 15.9 Å². The summed E-state index contributed by atoms with van der Waals surface area (Å²) in [6.07, 6.45) is 3.87. The van der Waals surface area contributed by atoms with E-state index in [0.717, 1.165) is 28.8 Å². The fourth-order valence-electron chi connectivity index (χ4n) is 4.15. The van der Waals surface area contributed by atoms with E-state index in [2.05, 4.69) is 25.9 Å². The SMILES string of the molecule is O=c1c2ccccc2nc(-c2cc3cc(Br)ccc3o2)n1N=Cc1ccc(N2CCCC2)o1. The van der Waals surface area contributed by atoms with Crippen LogP contribution < -0.4 is 10.5 Å². The molecule has 8 heteroatoms. The van der Waals surface area contributed by atoms with Crippen LogP contribution in [-0.4, -0.2) is 29.0 Å². The van der Waals surface area contributed by atoms with E-state index in [1.807, 2.05) is 54.6 Å². The van der Waals surface area contributed by atoms with Crippen LogP contribution in [0, 0.1) is 0 Å². The van der Waals surface area contributed by atoms with Gasteiger partial charge < -0.3 is 13.7 Å². The topological polar surface area (TPSA) is 76.8 Å². The van der Waals surface area contributed by atoms with Gasteiger partial charge in [0, 0.05) is 29.0 Å². The van der Waals surface area contributed by atoms with E-state index < -0.39 is 0 Å². The van der Waals surface area contributed by atoms with Gasteiger partial charge in [0.15, 0.2) is 11.6 Å². The first-order valence-corrected chi connectivity index (χ1v) is 11.6. The number of nitrogens with zero attached hydrogens (tertiary/aromatic N) is 4. The monoisotopic (exact) mass is 502 g/mol. The van der Waals surface area contributed by atoms with Gasteiger partial charge in [0.2, 0.25) is 5.82 Å². The third-order valence-corrected chi connectivity index (χ3v) is 6.28. The van der Waals surface area contributed by atoms with Crippen molar-refractivity contribution in [3.05, 3.63) is 81.3 Å². The van der Waals surface area contributed by atoms with Gasteiger partial charge in [-0.1, -0.05) is 28.1 Å². The van der Waals surface area contributed by atoms with Crippen molar-refractivity contribution >= 4 is 49.9 Å². The third kappa shape index (κ3) is 3.66. The summed E-state index contributed by atoms with van der Waals surface area (Å²) in [5.41, 5.74) is 1.01. The molecule has 3 aromatic heterocycles. The Balaban J connectivity index is 1.47. The highest BCUT2D eigenvalue weighted by Crippen LogP contribution is 2.29. The molecule has 0 unspecified atom stereocenters. The maximum atomic E-state index is 13.3. The van der Waals surface area contributed by atoms with Crippen molar-refractivity contribution in [1.82, 2.24) is 9.66 Å². The Morgan fingerprint density at radius 2 is 1.85 bits per heavy atom. The van der Waals surface area contributed by atoms with Crippen molar-refractivity contribution in [3.8, 4) is 11.6 Å². The maximum Gasteiger partial charge on any atom is 0.282 e. The van der Waals surface area contributed by atoms with Crippen LogP contribution in [0.5, 0.6) is 0 Å². The number of para-hydroxylation sites is 1. The number of halogens is 1. The fraction of sp³-hybridized carbons (Fsp3) is 0.160. The molecule has 33 heavy (non-hydrogen) atoms. The molecule has 0 radical (unpaired) electrons. The summed E-state index contributed by atoms with van der Waals surface area (Å²) in [5, 5.41) is 5.85. The lowest BCUT2D eigenvalue weighted by atomic mass is 10.2. The molecule has 0 atom stereocenters. The number of furan rings is 2. The first-order valence-electron chi connectivity index (χ1n) is 10.8. The van der Waals surface area contributed by atoms with Gasteiger partial charge in [0.05, 0.1) is 17.1 Å². The number of anilines is 1. The van der Waals surface area contributed by atoms with Gasteiger partial charge in [-0.25, -0.2) is 4.98 Å². The Bertz CT molecular complexity index is 1570. The summed E-state index contributed by atoms with van der Waals surface area (Å²) >= 11 is 3.48. The van der Waals surface area contributed by atoms with Gasteiger partial charge in [0.1, 0.15) is 11.3 Å². The standard InChI is InChI=1S/C25H19BrN4O3/c26-17-7-9-21-16(13-17)14-22(33-21)24-28-20-6-2-1-5-19(20)25(31)30(24)27-15-18-8-10-23(32-18)29-11-3-4-12-29/h1-2,5-10,13-15H,3-4,11-12H2. The minimum absolute atomic E-state index is 0.278. The Hall–Kier alpha value is -3.65. The van der Waals surface area contributed by atoms with Crippen LogP contribution in [0.25, 0.3) is 33.5 Å². The Morgan fingerprint density at radius 1 is 1.00 bits per heavy atom. The molecule has 0 spiro atoms. The van der Waals surface area contributed by atoms with E-state index in [1.165, 1.54) is 17.5 Å². The average molecular weight is 503 g/mol. The molecular formula is C25H19BrN4O3. The minimum atomic E-state index is -0.278. The summed E-state index contributed by atoms with van der Waals surface area (Å²) in [5.74, 6) is 2.17. The Morgan fingerprint density at radius 3 is 2.73 bits per heavy atom. The van der Waals surface area contributed by atoms with Crippen LogP contribution in [-0.2, 0) is 0 Å². The second-order valence-corrected chi connectivity index (χ2v) is 8.89. The van der Waals surface area contributed by atoms with Gasteiger partial charge >= 0.3 is 0 Å². The fourth-order valence-corrected chi connectivity index (χ4v) is 4.53. The smallest absolute Gasteiger partial charge is 0.282 e. The lowest BCUT2D eigenvalue weighted by Gasteiger charge is -2.12. The van der Waals surface area contributed by atoms with Crippen molar-refractivity contribution in [1.29, 1.82) is 0 Å². The largest absolute Gasteiger partial charge is 0.453 e. The molecule has 0 N–H and O–H groups in total. The first-order chi connectivity index (χ1) is 16.2. The van der Waals surface area contributed by atoms with E-state index in [0.29, 0.717) is 33.8 Å². The molecule has 0 amide bonds. The predicted molar refractivity (Wildman–Crippen MR) is 132 cm³/mol. The summed E-state index contributed by atoms with van der Waals surface area (Å²) in [6.45, 7) is 1.98. The van der Waals surface area contributed by atoms with Crippen molar-refractivity contribution in [2.45, 2.75) is 12.8 Å². The molecule has 0 saturated carbocycles. The normalized spacial score (nSPS) is 14.3. The molecule has 2 aromatic carbocycles. The summed E-state index contributed by atoms with van der Waals surface area (Å²) in [6, 6.07) is 18.6. The van der Waals surface area contributed by atoms with E-state index in [4.69, 9.17) is 13.8 Å². The van der Waals surface area contributed by atoms with E-state index in [-0.39, 0.29) is 5.56 Å². The van der Waals surface area contributed by atoms with Gasteiger partial charge in [-0.05, 0) is 55.3 Å². The van der Waals surface area contributed by atoms with Crippen LogP contribution in [0.4, 0.5) is 5.88 Å². The summed E-state index contributed by atoms with van der Waals surface area (Å²) in [4.78, 5) is 20.3. The van der Waals surface area contributed by atoms with Crippen molar-refractivity contribution in [2.75, 3.05) is 18.0 Å². The number of aromatic nitrogens is 2. The van der Waals surface area contributed by atoms with Gasteiger partial charge in [0.25, 0.3) is 5.56 Å². The summed E-state index contributed by atoms with van der Waals surface area (Å²) in [7, 11) is 0. The van der Waals surface area contributed by atoms with E-state index in [1.54, 1.807) is 12.3 Å². The van der Waals surface area contributed by atoms with Gasteiger partial charge in [-0.3, -0.25) is 4.79 Å². The second-order valence-electron chi connectivity index (χ2n) is 7.98. The molecular weight excluding hydrogens is 484 g/mol. The third-order valence-electron chi connectivity index (χ3n) is 5.78. The highest BCUT2D eigenvalue weighted by Gasteiger charge is 2.18. The van der Waals surface area contributed by atoms with Crippen LogP contribution in [0.2, 0.25) is 0 Å². The molecule has 1 aliphatic heterocycles. The summed E-state index contributed by atoms with van der Waals surface area (Å²) < 4.78 is 14.2. The zero-order valence-electron chi connectivity index (χ0n) is 17.6. The molecule has 6 rings (SSSR count). The lowest BCUT2D eigenvalue weighted by molar-refractivity contribution is 0.549. The zero-order chi connectivity index (χ0) is 22.4. The number of rotatable bonds is 4. The van der Waals surface area contributed by atoms with Gasteiger partial charge in [-0.15, -0.1) is 0 Å². The number of fused-ring (bicyclic) bond motifs is 2. The predicted octanol–water partition coefficient (Wildman–Crippen LogP) is 5.65. The highest BCUT2D eigenvalue weighted by molar-refractivity contribution is 9.10.